The summed E-state index contributed by atoms with van der Waals surface area (Å²) < 4.78 is 4.87. The van der Waals surface area contributed by atoms with E-state index in [4.69, 9.17) is 16.3 Å². The summed E-state index contributed by atoms with van der Waals surface area (Å²) in [5, 5.41) is 2.05. The fourth-order valence-corrected chi connectivity index (χ4v) is 0.871. The summed E-state index contributed by atoms with van der Waals surface area (Å²) in [5.41, 5.74) is 0.600. The van der Waals surface area contributed by atoms with Crippen LogP contribution in [0, 0.1) is 0 Å². The predicted octanol–water partition coefficient (Wildman–Crippen LogP) is 1.66. The van der Waals surface area contributed by atoms with Gasteiger partial charge in [0.2, 0.25) is 11.8 Å². The molecule has 1 aromatic rings. The highest BCUT2D eigenvalue weighted by atomic mass is 35.5. The van der Waals surface area contributed by atoms with E-state index in [2.05, 4.69) is 10.3 Å². The predicted molar refractivity (Wildman–Crippen MR) is 54.7 cm³/mol. The molecule has 76 valence electrons. The maximum absolute atomic E-state index is 11.2. The van der Waals surface area contributed by atoms with E-state index in [1.165, 1.54) is 13.3 Å². The molecule has 14 heavy (non-hydrogen) atoms. The van der Waals surface area contributed by atoms with E-state index in [-0.39, 0.29) is 5.91 Å². The van der Waals surface area contributed by atoms with Gasteiger partial charge >= 0.3 is 0 Å². The zero-order chi connectivity index (χ0) is 10.6. The van der Waals surface area contributed by atoms with Gasteiger partial charge in [0, 0.05) is 6.07 Å². The Kier molecular flexibility index (Phi) is 3.71. The van der Waals surface area contributed by atoms with Crippen LogP contribution in [0.3, 0.4) is 0 Å². The molecule has 1 N–H and O–H groups in total. The molecule has 0 fully saturated rings. The van der Waals surface area contributed by atoms with E-state index < -0.39 is 5.38 Å². The number of hydrogen-bond donors (Lipinski definition) is 1. The average Bonchev–Trinajstić information content (AvgIpc) is 2.19. The second-order valence-electron chi connectivity index (χ2n) is 2.69. The molecule has 0 aromatic carbocycles. The molecule has 0 bridgehead atoms. The molecule has 1 heterocycles. The standard InChI is InChI=1S/C9H11ClN2O2/c1-6(10)9(13)12-7-3-4-8(14-2)11-5-7/h3-6H,1-2H3,(H,12,13). The minimum absolute atomic E-state index is 0.251. The molecule has 0 aliphatic heterocycles. The van der Waals surface area contributed by atoms with Gasteiger partial charge in [-0.15, -0.1) is 11.6 Å². The zero-order valence-electron chi connectivity index (χ0n) is 7.95. The normalized spacial score (nSPS) is 11.9. The number of anilines is 1. The van der Waals surface area contributed by atoms with Crippen molar-refractivity contribution in [3.63, 3.8) is 0 Å². The van der Waals surface area contributed by atoms with E-state index in [1.807, 2.05) is 0 Å². The molecule has 0 aliphatic rings. The van der Waals surface area contributed by atoms with Gasteiger partial charge in [0.1, 0.15) is 5.38 Å². The number of hydrogen-bond acceptors (Lipinski definition) is 3. The van der Waals surface area contributed by atoms with Gasteiger partial charge in [-0.2, -0.15) is 0 Å². The maximum atomic E-state index is 11.2. The lowest BCUT2D eigenvalue weighted by Gasteiger charge is -2.06. The number of halogens is 1. The first-order valence-corrected chi connectivity index (χ1v) is 4.52. The first-order chi connectivity index (χ1) is 6.63. The number of carbonyl (C=O) groups is 1. The number of ether oxygens (including phenoxy) is 1. The van der Waals surface area contributed by atoms with Gasteiger partial charge < -0.3 is 10.1 Å². The van der Waals surface area contributed by atoms with Crippen molar-refractivity contribution in [1.29, 1.82) is 0 Å². The third-order valence-corrected chi connectivity index (χ3v) is 1.77. The molecule has 5 heteroatoms. The molecule has 1 atom stereocenters. The number of carbonyl (C=O) groups excluding carboxylic acids is 1. The molecule has 4 nitrogen and oxygen atoms in total. The Labute approximate surface area is 87.2 Å². The summed E-state index contributed by atoms with van der Waals surface area (Å²) in [7, 11) is 1.53. The summed E-state index contributed by atoms with van der Waals surface area (Å²) in [4.78, 5) is 15.1. The Morgan fingerprint density at radius 1 is 1.64 bits per heavy atom. The molecular weight excluding hydrogens is 204 g/mol. The zero-order valence-corrected chi connectivity index (χ0v) is 8.71. The second-order valence-corrected chi connectivity index (χ2v) is 3.35. The van der Waals surface area contributed by atoms with Crippen LogP contribution in [0.25, 0.3) is 0 Å². The van der Waals surface area contributed by atoms with Gasteiger partial charge in [0.15, 0.2) is 0 Å². The molecule has 0 radical (unpaired) electrons. The number of aromatic nitrogens is 1. The summed E-state index contributed by atoms with van der Waals surface area (Å²) in [5.74, 6) is 0.251. The third-order valence-electron chi connectivity index (χ3n) is 1.57. The van der Waals surface area contributed by atoms with Gasteiger partial charge in [-0.1, -0.05) is 0 Å². The lowest BCUT2D eigenvalue weighted by Crippen LogP contribution is -2.20. The van der Waals surface area contributed by atoms with Crippen LogP contribution >= 0.6 is 11.6 Å². The van der Waals surface area contributed by atoms with E-state index in [1.54, 1.807) is 19.1 Å². The molecule has 1 rings (SSSR count). The minimum Gasteiger partial charge on any atom is -0.481 e. The van der Waals surface area contributed by atoms with Crippen LogP contribution in [-0.4, -0.2) is 23.4 Å². The molecular formula is C9H11ClN2O2. The fourth-order valence-electron chi connectivity index (χ4n) is 0.817. The highest BCUT2D eigenvalue weighted by Gasteiger charge is 2.08. The second kappa shape index (κ2) is 4.81. The Hall–Kier alpha value is -1.29. The van der Waals surface area contributed by atoms with Gasteiger partial charge in [0.25, 0.3) is 0 Å². The summed E-state index contributed by atoms with van der Waals surface area (Å²) in [6.45, 7) is 1.61. The average molecular weight is 215 g/mol. The summed E-state index contributed by atoms with van der Waals surface area (Å²) in [6.07, 6.45) is 1.51. The fraction of sp³-hybridized carbons (Fsp3) is 0.333. The Balaban J connectivity index is 2.64. The SMILES string of the molecule is COc1ccc(NC(=O)C(C)Cl)cn1. The van der Waals surface area contributed by atoms with Crippen molar-refractivity contribution < 1.29 is 9.53 Å². The van der Waals surface area contributed by atoms with Crippen molar-refractivity contribution in [3.8, 4) is 5.88 Å². The molecule has 0 saturated carbocycles. The molecule has 1 aromatic heterocycles. The lowest BCUT2D eigenvalue weighted by molar-refractivity contribution is -0.115. The van der Waals surface area contributed by atoms with Crippen LogP contribution in [0.5, 0.6) is 5.88 Å². The van der Waals surface area contributed by atoms with Crippen molar-refractivity contribution in [2.24, 2.45) is 0 Å². The van der Waals surface area contributed by atoms with E-state index >= 15 is 0 Å². The number of alkyl halides is 1. The Morgan fingerprint density at radius 3 is 2.79 bits per heavy atom. The number of rotatable bonds is 3. The minimum atomic E-state index is -0.558. The van der Waals surface area contributed by atoms with Crippen molar-refractivity contribution in [3.05, 3.63) is 18.3 Å². The van der Waals surface area contributed by atoms with Gasteiger partial charge in [-0.25, -0.2) is 4.98 Å². The molecule has 1 amide bonds. The molecule has 0 aliphatic carbocycles. The van der Waals surface area contributed by atoms with Crippen LogP contribution in [0.2, 0.25) is 0 Å². The van der Waals surface area contributed by atoms with Gasteiger partial charge in [-0.3, -0.25) is 4.79 Å². The topological polar surface area (TPSA) is 51.2 Å². The smallest absolute Gasteiger partial charge is 0.242 e. The van der Waals surface area contributed by atoms with Crippen molar-refractivity contribution in [1.82, 2.24) is 4.98 Å². The van der Waals surface area contributed by atoms with Crippen LogP contribution in [-0.2, 0) is 4.79 Å². The maximum Gasteiger partial charge on any atom is 0.242 e. The first-order valence-electron chi connectivity index (χ1n) is 4.08. The van der Waals surface area contributed by atoms with Crippen LogP contribution in [0.15, 0.2) is 18.3 Å². The lowest BCUT2D eigenvalue weighted by atomic mass is 10.3. The van der Waals surface area contributed by atoms with Crippen molar-refractivity contribution >= 4 is 23.2 Å². The number of nitrogens with zero attached hydrogens (tertiary/aromatic N) is 1. The molecule has 1 unspecified atom stereocenters. The first kappa shape index (κ1) is 10.8. The van der Waals surface area contributed by atoms with Gasteiger partial charge in [0.05, 0.1) is 19.0 Å². The monoisotopic (exact) mass is 214 g/mol. The third kappa shape index (κ3) is 2.88. The van der Waals surface area contributed by atoms with Crippen LogP contribution in [0.4, 0.5) is 5.69 Å². The van der Waals surface area contributed by atoms with Crippen LogP contribution in [0.1, 0.15) is 6.92 Å². The largest absolute Gasteiger partial charge is 0.481 e. The quantitative estimate of drug-likeness (QED) is 0.779. The summed E-state index contributed by atoms with van der Waals surface area (Å²) in [6, 6.07) is 3.36. The number of methoxy groups -OCH3 is 1. The van der Waals surface area contributed by atoms with E-state index in [0.29, 0.717) is 11.6 Å². The summed E-state index contributed by atoms with van der Waals surface area (Å²) >= 11 is 5.58. The highest BCUT2D eigenvalue weighted by Crippen LogP contribution is 2.11. The Bertz CT molecular complexity index is 311. The van der Waals surface area contributed by atoms with Crippen LogP contribution < -0.4 is 10.1 Å². The van der Waals surface area contributed by atoms with Gasteiger partial charge in [-0.05, 0) is 13.0 Å². The highest BCUT2D eigenvalue weighted by molar-refractivity contribution is 6.32. The molecule has 0 saturated heterocycles. The van der Waals surface area contributed by atoms with Crippen molar-refractivity contribution in [2.75, 3.05) is 12.4 Å². The van der Waals surface area contributed by atoms with E-state index in [0.717, 1.165) is 0 Å². The van der Waals surface area contributed by atoms with E-state index in [9.17, 15) is 4.79 Å². The number of pyridine rings is 1. The number of nitrogens with one attached hydrogen (secondary N) is 1. The van der Waals surface area contributed by atoms with Crippen molar-refractivity contribution in [2.45, 2.75) is 12.3 Å². The number of amides is 1. The molecule has 0 spiro atoms. The Morgan fingerprint density at radius 2 is 2.36 bits per heavy atom.